The number of aryl methyl sites for hydroxylation is 2. The summed E-state index contributed by atoms with van der Waals surface area (Å²) in [7, 11) is 0. The molecule has 13 rings (SSSR count). The molecule has 0 heterocycles. The molecule has 4 heteroatoms. The maximum Gasteiger partial charge on any atom is 0.119 e. The fraction of sp³-hybridized carbons (Fsp3) is 0.162. The van der Waals surface area contributed by atoms with E-state index in [1.54, 1.807) is 0 Å². The van der Waals surface area contributed by atoms with Crippen molar-refractivity contribution in [3.63, 3.8) is 0 Å². The van der Waals surface area contributed by atoms with Crippen molar-refractivity contribution in [1.82, 2.24) is 0 Å². The van der Waals surface area contributed by atoms with Gasteiger partial charge in [0.2, 0.25) is 0 Å². The molecule has 0 radical (unpaired) electrons. The summed E-state index contributed by atoms with van der Waals surface area (Å²) in [4.78, 5) is 4.87. The lowest BCUT2D eigenvalue weighted by Gasteiger charge is -2.27. The molecule has 0 amide bonds. The summed E-state index contributed by atoms with van der Waals surface area (Å²) < 4.78 is 12.4. The van der Waals surface area contributed by atoms with Gasteiger partial charge in [0.25, 0.3) is 0 Å². The van der Waals surface area contributed by atoms with Crippen LogP contribution in [-0.2, 0) is 12.8 Å². The highest BCUT2D eigenvalue weighted by Crippen LogP contribution is 2.57. The molecule has 0 bridgehead atoms. The Morgan fingerprint density at radius 3 is 0.974 bits per heavy atom. The molecule has 0 saturated heterocycles. The number of hydrogen-bond acceptors (Lipinski definition) is 4. The zero-order chi connectivity index (χ0) is 52.7. The van der Waals surface area contributed by atoms with Crippen LogP contribution in [0.25, 0.3) is 86.9 Å². The van der Waals surface area contributed by atoms with Gasteiger partial charge in [0.1, 0.15) is 11.5 Å². The van der Waals surface area contributed by atoms with E-state index in [0.29, 0.717) is 13.2 Å². The molecular weight excluding hydrogens is 949 g/mol. The molecule has 78 heavy (non-hydrogen) atoms. The molecule has 382 valence electrons. The number of fused-ring (bicyclic) bond motifs is 6. The van der Waals surface area contributed by atoms with E-state index in [1.807, 2.05) is 0 Å². The fourth-order valence-corrected chi connectivity index (χ4v) is 12.3. The molecule has 0 aliphatic carbocycles. The van der Waals surface area contributed by atoms with Gasteiger partial charge in [0.05, 0.1) is 24.6 Å². The third-order valence-corrected chi connectivity index (χ3v) is 16.1. The molecule has 0 spiro atoms. The standard InChI is InChI=1S/C74H64N2O2/c1-5-9-47-77-57-39-35-55(36-40-57)75(53-31-27-49(7-3)28-32-53)65-45-43-63-69-59(65)23-17-25-61(69)71-67(51-19-13-11-14-20-51)72-62-26-18-24-60-66(46-44-64(70(60)62)74(72)68(73(63)71)52-21-15-12-16-22-52)76(54-33-29-50(8-4)30-34-54)56-37-41-58(42-38-56)78-48-10-6-2/h11-46H,5-10,47-48H2,1-4H3. The van der Waals surface area contributed by atoms with Crippen molar-refractivity contribution in [2.45, 2.75) is 66.2 Å². The van der Waals surface area contributed by atoms with Gasteiger partial charge < -0.3 is 19.3 Å². The van der Waals surface area contributed by atoms with Crippen molar-refractivity contribution < 1.29 is 9.47 Å². The Balaban J connectivity index is 1.10. The van der Waals surface area contributed by atoms with Gasteiger partial charge >= 0.3 is 0 Å². The van der Waals surface area contributed by atoms with Crippen molar-refractivity contribution in [1.29, 1.82) is 0 Å². The predicted molar refractivity (Wildman–Crippen MR) is 334 cm³/mol. The lowest BCUT2D eigenvalue weighted by atomic mass is 9.87. The maximum absolute atomic E-state index is 6.19. The quantitative estimate of drug-likeness (QED) is 0.0800. The van der Waals surface area contributed by atoms with Gasteiger partial charge in [-0.25, -0.2) is 0 Å². The van der Waals surface area contributed by atoms with E-state index in [4.69, 9.17) is 9.47 Å². The second-order valence-corrected chi connectivity index (χ2v) is 20.8. The molecule has 0 aromatic heterocycles. The summed E-state index contributed by atoms with van der Waals surface area (Å²) >= 11 is 0. The first-order valence-corrected chi connectivity index (χ1v) is 28.3. The van der Waals surface area contributed by atoms with E-state index in [0.717, 1.165) is 84.1 Å². The van der Waals surface area contributed by atoms with Gasteiger partial charge in [-0.2, -0.15) is 0 Å². The second kappa shape index (κ2) is 20.9. The van der Waals surface area contributed by atoms with Gasteiger partial charge in [0, 0.05) is 33.5 Å². The Morgan fingerprint density at radius 1 is 0.295 bits per heavy atom. The van der Waals surface area contributed by atoms with Gasteiger partial charge in [-0.05, 0) is 198 Å². The number of ether oxygens (including phenoxy) is 2. The Hall–Kier alpha value is -8.86. The summed E-state index contributed by atoms with van der Waals surface area (Å²) in [6, 6.07) is 81.4. The number of rotatable bonds is 18. The van der Waals surface area contributed by atoms with Crippen LogP contribution in [0.2, 0.25) is 0 Å². The summed E-state index contributed by atoms with van der Waals surface area (Å²) in [6.45, 7) is 10.3. The maximum atomic E-state index is 6.19. The minimum Gasteiger partial charge on any atom is -0.494 e. The van der Waals surface area contributed by atoms with Crippen molar-refractivity contribution in [2.75, 3.05) is 23.0 Å². The smallest absolute Gasteiger partial charge is 0.119 e. The van der Waals surface area contributed by atoms with E-state index in [-0.39, 0.29) is 0 Å². The van der Waals surface area contributed by atoms with Crippen LogP contribution >= 0.6 is 0 Å². The van der Waals surface area contributed by atoms with Crippen LogP contribution in [0.15, 0.2) is 218 Å². The van der Waals surface area contributed by atoms with E-state index >= 15 is 0 Å². The zero-order valence-electron chi connectivity index (χ0n) is 45.2. The average Bonchev–Trinajstić information content (AvgIpc) is 4.23. The lowest BCUT2D eigenvalue weighted by Crippen LogP contribution is -2.10. The largest absolute Gasteiger partial charge is 0.494 e. The third kappa shape index (κ3) is 8.39. The summed E-state index contributed by atoms with van der Waals surface area (Å²) in [6.07, 6.45) is 6.23. The minimum absolute atomic E-state index is 0.714. The van der Waals surface area contributed by atoms with Crippen molar-refractivity contribution in [3.05, 3.63) is 230 Å². The highest BCUT2D eigenvalue weighted by atomic mass is 16.5. The molecule has 0 saturated carbocycles. The topological polar surface area (TPSA) is 24.9 Å². The van der Waals surface area contributed by atoms with E-state index < -0.39 is 0 Å². The summed E-state index contributed by atoms with van der Waals surface area (Å²) in [5.41, 5.74) is 14.3. The molecule has 0 aliphatic heterocycles. The Kier molecular flexibility index (Phi) is 13.1. The van der Waals surface area contributed by atoms with Crippen LogP contribution < -0.4 is 19.3 Å². The Bertz CT molecular complexity index is 3880. The molecule has 0 fully saturated rings. The van der Waals surface area contributed by atoms with Crippen LogP contribution in [-0.4, -0.2) is 13.2 Å². The second-order valence-electron chi connectivity index (χ2n) is 20.8. The first-order valence-electron chi connectivity index (χ1n) is 28.3. The van der Waals surface area contributed by atoms with Gasteiger partial charge in [0.15, 0.2) is 0 Å². The monoisotopic (exact) mass is 1010 g/mol. The normalized spacial score (nSPS) is 11.7. The Morgan fingerprint density at radius 2 is 0.628 bits per heavy atom. The average molecular weight is 1010 g/mol. The molecule has 0 atom stereocenters. The molecule has 0 unspecified atom stereocenters. The van der Waals surface area contributed by atoms with E-state index in [9.17, 15) is 0 Å². The SMILES string of the molecule is CCCCOc1ccc(N(c2ccc(CC)cc2)c2ccc3c4c(-c5ccccc5)c5c6ccc(N(c7ccc(CC)cc7)c7ccc(OCCCC)cc7)c7cccc(c5c(-c5ccccc5)c4c4cccc2c43)c76)cc1. The lowest BCUT2D eigenvalue weighted by molar-refractivity contribution is 0.309. The van der Waals surface area contributed by atoms with Crippen LogP contribution in [0.5, 0.6) is 11.5 Å². The predicted octanol–water partition coefficient (Wildman–Crippen LogP) is 21.2. The van der Waals surface area contributed by atoms with Crippen molar-refractivity contribution >= 4 is 98.8 Å². The van der Waals surface area contributed by atoms with Crippen molar-refractivity contribution in [3.8, 4) is 33.8 Å². The number of nitrogens with zero attached hydrogens (tertiary/aromatic N) is 2. The van der Waals surface area contributed by atoms with Crippen LogP contribution in [0.4, 0.5) is 34.1 Å². The summed E-state index contributed by atoms with van der Waals surface area (Å²) in [5, 5.41) is 15.1. The molecule has 0 N–H and O–H groups in total. The molecule has 13 aromatic rings. The molecule has 4 nitrogen and oxygen atoms in total. The molecular formula is C74H64N2O2. The van der Waals surface area contributed by atoms with Crippen molar-refractivity contribution in [2.24, 2.45) is 0 Å². The van der Waals surface area contributed by atoms with Crippen LogP contribution in [0.3, 0.4) is 0 Å². The first kappa shape index (κ1) is 48.8. The highest BCUT2D eigenvalue weighted by Gasteiger charge is 2.30. The highest BCUT2D eigenvalue weighted by molar-refractivity contribution is 6.47. The van der Waals surface area contributed by atoms with Crippen LogP contribution in [0, 0.1) is 0 Å². The van der Waals surface area contributed by atoms with Gasteiger partial charge in [-0.3, -0.25) is 0 Å². The van der Waals surface area contributed by atoms with Gasteiger partial charge in [-0.15, -0.1) is 0 Å². The van der Waals surface area contributed by atoms with Crippen LogP contribution in [0.1, 0.15) is 64.5 Å². The first-order chi connectivity index (χ1) is 38.6. The number of anilines is 6. The molecule has 13 aromatic carbocycles. The fourth-order valence-electron chi connectivity index (χ4n) is 12.3. The third-order valence-electron chi connectivity index (χ3n) is 16.1. The van der Waals surface area contributed by atoms with Gasteiger partial charge in [-0.1, -0.05) is 174 Å². The minimum atomic E-state index is 0.714. The Labute approximate surface area is 458 Å². The number of unbranched alkanes of at least 4 members (excludes halogenated alkanes) is 2. The van der Waals surface area contributed by atoms with E-state index in [1.165, 1.54) is 98.0 Å². The number of hydrogen-bond donors (Lipinski definition) is 0. The number of benzene rings is 11. The molecule has 0 aliphatic rings. The summed E-state index contributed by atoms with van der Waals surface area (Å²) in [5.74, 6) is 1.79. The zero-order valence-corrected chi connectivity index (χ0v) is 45.2. The van der Waals surface area contributed by atoms with E-state index in [2.05, 4.69) is 256 Å².